The molecule has 0 saturated carbocycles. The molecule has 0 radical (unpaired) electrons. The third kappa shape index (κ3) is 3.45. The number of rotatable bonds is 6. The van der Waals surface area contributed by atoms with E-state index in [0.29, 0.717) is 0 Å². The standard InChI is InChI=1S/C18H22N6O3/c1-12(2)24-17(26)16(25)22(18(24)27)11-21(4)13(3)14-5-7-15(8-6-14)23-10-19-9-20-23/h5-10,12-13H,11H2,1-4H3/p+1/t13-/m1/s1. The average Bonchev–Trinajstić information content (AvgIpc) is 3.25. The van der Waals surface area contributed by atoms with Crippen molar-refractivity contribution in [2.75, 3.05) is 13.7 Å². The number of hydrogen-bond donors (Lipinski definition) is 1. The lowest BCUT2D eigenvalue weighted by molar-refractivity contribution is -0.917. The molecule has 1 aromatic carbocycles. The predicted octanol–water partition coefficient (Wildman–Crippen LogP) is -0.000300. The van der Waals surface area contributed by atoms with E-state index in [4.69, 9.17) is 0 Å². The first-order valence-corrected chi connectivity index (χ1v) is 8.77. The first-order chi connectivity index (χ1) is 12.8. The molecule has 1 aliphatic rings. The first kappa shape index (κ1) is 18.7. The highest BCUT2D eigenvalue weighted by atomic mass is 16.2. The van der Waals surface area contributed by atoms with E-state index in [2.05, 4.69) is 10.1 Å². The highest BCUT2D eigenvalue weighted by molar-refractivity contribution is 6.44. The molecule has 1 N–H and O–H groups in total. The quantitative estimate of drug-likeness (QED) is 0.570. The Morgan fingerprint density at radius 1 is 1.04 bits per heavy atom. The van der Waals surface area contributed by atoms with Crippen molar-refractivity contribution in [3.05, 3.63) is 42.5 Å². The normalized spacial score (nSPS) is 17.1. The number of aromatic nitrogens is 3. The van der Waals surface area contributed by atoms with Crippen LogP contribution in [0.1, 0.15) is 32.4 Å². The summed E-state index contributed by atoms with van der Waals surface area (Å²) in [4.78, 5) is 43.5. The largest absolute Gasteiger partial charge is 0.338 e. The Labute approximate surface area is 157 Å². The van der Waals surface area contributed by atoms with Crippen molar-refractivity contribution in [2.45, 2.75) is 32.9 Å². The number of carbonyl (C=O) groups excluding carboxylic acids is 3. The Balaban J connectivity index is 1.70. The van der Waals surface area contributed by atoms with E-state index < -0.39 is 17.8 Å². The van der Waals surface area contributed by atoms with Gasteiger partial charge in [-0.1, -0.05) is 12.1 Å². The van der Waals surface area contributed by atoms with Gasteiger partial charge in [-0.3, -0.25) is 14.5 Å². The number of benzene rings is 1. The second-order valence-electron chi connectivity index (χ2n) is 6.94. The molecule has 142 valence electrons. The van der Waals surface area contributed by atoms with E-state index in [1.165, 1.54) is 6.33 Å². The Bertz CT molecular complexity index is 846. The number of amides is 4. The van der Waals surface area contributed by atoms with E-state index in [9.17, 15) is 14.4 Å². The zero-order valence-corrected chi connectivity index (χ0v) is 15.8. The van der Waals surface area contributed by atoms with Crippen LogP contribution < -0.4 is 4.90 Å². The minimum Gasteiger partial charge on any atom is -0.314 e. The summed E-state index contributed by atoms with van der Waals surface area (Å²) >= 11 is 0. The third-order valence-electron chi connectivity index (χ3n) is 4.82. The molecule has 9 heteroatoms. The van der Waals surface area contributed by atoms with Crippen LogP contribution in [0.3, 0.4) is 0 Å². The number of carbonyl (C=O) groups is 3. The fourth-order valence-corrected chi connectivity index (χ4v) is 3.05. The number of urea groups is 1. The number of hydrogen-bond acceptors (Lipinski definition) is 5. The second-order valence-corrected chi connectivity index (χ2v) is 6.94. The molecule has 1 saturated heterocycles. The van der Waals surface area contributed by atoms with Crippen LogP contribution in [0.15, 0.2) is 36.9 Å². The van der Waals surface area contributed by atoms with E-state index in [-0.39, 0.29) is 18.8 Å². The van der Waals surface area contributed by atoms with Gasteiger partial charge >= 0.3 is 17.8 Å². The van der Waals surface area contributed by atoms with Crippen molar-refractivity contribution >= 4 is 17.8 Å². The van der Waals surface area contributed by atoms with Crippen LogP contribution in [-0.2, 0) is 9.59 Å². The van der Waals surface area contributed by atoms with Crippen LogP contribution in [0.5, 0.6) is 0 Å². The van der Waals surface area contributed by atoms with E-state index in [1.807, 2.05) is 38.2 Å². The number of nitrogens with one attached hydrogen (secondary N) is 1. The monoisotopic (exact) mass is 371 g/mol. The highest BCUT2D eigenvalue weighted by Crippen LogP contribution is 2.16. The summed E-state index contributed by atoms with van der Waals surface area (Å²) in [6.45, 7) is 5.55. The average molecular weight is 371 g/mol. The van der Waals surface area contributed by atoms with Crippen LogP contribution in [0.4, 0.5) is 4.79 Å². The molecule has 1 aliphatic heterocycles. The van der Waals surface area contributed by atoms with Crippen LogP contribution >= 0.6 is 0 Å². The fourth-order valence-electron chi connectivity index (χ4n) is 3.05. The molecule has 1 aromatic heterocycles. The summed E-state index contributed by atoms with van der Waals surface area (Å²) in [5.74, 6) is -1.52. The molecule has 0 aliphatic carbocycles. The maximum Gasteiger partial charge on any atom is 0.338 e. The van der Waals surface area contributed by atoms with Crippen LogP contribution in [0, 0.1) is 0 Å². The second kappa shape index (κ2) is 7.28. The maximum absolute atomic E-state index is 12.4. The first-order valence-electron chi connectivity index (χ1n) is 8.77. The molecule has 1 fully saturated rings. The molecule has 27 heavy (non-hydrogen) atoms. The Hall–Kier alpha value is -3.07. The minimum absolute atomic E-state index is 0.0126. The number of imide groups is 2. The molecule has 2 heterocycles. The van der Waals surface area contributed by atoms with E-state index in [1.54, 1.807) is 24.9 Å². The molecule has 2 atom stereocenters. The third-order valence-corrected chi connectivity index (χ3v) is 4.82. The number of quaternary nitrogens is 1. The smallest absolute Gasteiger partial charge is 0.314 e. The van der Waals surface area contributed by atoms with Gasteiger partial charge in [-0.25, -0.2) is 19.4 Å². The van der Waals surface area contributed by atoms with Gasteiger partial charge in [0.1, 0.15) is 18.7 Å². The van der Waals surface area contributed by atoms with Gasteiger partial charge in [-0.05, 0) is 32.9 Å². The van der Waals surface area contributed by atoms with Gasteiger partial charge in [0.25, 0.3) is 0 Å². The van der Waals surface area contributed by atoms with Crippen molar-refractivity contribution in [3.8, 4) is 5.69 Å². The summed E-state index contributed by atoms with van der Waals surface area (Å²) in [6.07, 6.45) is 3.10. The summed E-state index contributed by atoms with van der Waals surface area (Å²) in [6, 6.07) is 6.94. The summed E-state index contributed by atoms with van der Waals surface area (Å²) in [5.41, 5.74) is 1.94. The van der Waals surface area contributed by atoms with Crippen molar-refractivity contribution < 1.29 is 19.3 Å². The highest BCUT2D eigenvalue weighted by Gasteiger charge is 2.47. The molecular weight excluding hydrogens is 348 g/mol. The van der Waals surface area contributed by atoms with Crippen molar-refractivity contribution in [1.82, 2.24) is 24.6 Å². The van der Waals surface area contributed by atoms with Gasteiger partial charge < -0.3 is 4.90 Å². The Morgan fingerprint density at radius 3 is 2.22 bits per heavy atom. The molecule has 4 amide bonds. The van der Waals surface area contributed by atoms with Gasteiger partial charge in [-0.2, -0.15) is 5.10 Å². The van der Waals surface area contributed by atoms with E-state index in [0.717, 1.165) is 26.0 Å². The molecule has 2 aromatic rings. The molecule has 1 unspecified atom stereocenters. The van der Waals surface area contributed by atoms with Gasteiger partial charge in [0, 0.05) is 11.6 Å². The zero-order valence-electron chi connectivity index (χ0n) is 15.8. The molecule has 0 bridgehead atoms. The van der Waals surface area contributed by atoms with Gasteiger partial charge in [-0.15, -0.1) is 0 Å². The Kier molecular flexibility index (Phi) is 5.04. The van der Waals surface area contributed by atoms with E-state index >= 15 is 0 Å². The van der Waals surface area contributed by atoms with Crippen molar-refractivity contribution in [2.24, 2.45) is 0 Å². The molecule has 3 rings (SSSR count). The summed E-state index contributed by atoms with van der Waals surface area (Å²) in [7, 11) is 1.89. The lowest BCUT2D eigenvalue weighted by Crippen LogP contribution is -3.10. The summed E-state index contributed by atoms with van der Waals surface area (Å²) in [5, 5.41) is 4.09. The van der Waals surface area contributed by atoms with Gasteiger partial charge in [0.2, 0.25) is 0 Å². The summed E-state index contributed by atoms with van der Waals surface area (Å²) < 4.78 is 1.67. The lowest BCUT2D eigenvalue weighted by Gasteiger charge is -2.26. The molecule has 0 spiro atoms. The van der Waals surface area contributed by atoms with Crippen LogP contribution in [-0.4, -0.2) is 62.2 Å². The predicted molar refractivity (Wildman–Crippen MR) is 95.8 cm³/mol. The Morgan fingerprint density at radius 2 is 1.70 bits per heavy atom. The van der Waals surface area contributed by atoms with Crippen LogP contribution in [0.2, 0.25) is 0 Å². The lowest BCUT2D eigenvalue weighted by atomic mass is 10.1. The fraction of sp³-hybridized carbons (Fsp3) is 0.389. The minimum atomic E-state index is -0.762. The van der Waals surface area contributed by atoms with Crippen molar-refractivity contribution in [3.63, 3.8) is 0 Å². The zero-order chi connectivity index (χ0) is 19.7. The number of nitrogens with zero attached hydrogens (tertiary/aromatic N) is 5. The van der Waals surface area contributed by atoms with Gasteiger partial charge in [0.15, 0.2) is 6.67 Å². The topological polar surface area (TPSA) is 92.8 Å². The van der Waals surface area contributed by atoms with Gasteiger partial charge in [0.05, 0.1) is 12.7 Å². The maximum atomic E-state index is 12.4. The van der Waals surface area contributed by atoms with Crippen molar-refractivity contribution in [1.29, 1.82) is 0 Å². The molecular formula is C18H23N6O3+. The molecule has 9 nitrogen and oxygen atoms in total. The SMILES string of the molecule is CC(C)N1C(=O)C(=O)N(C[NH+](C)[C@H](C)c2ccc(-n3cncn3)cc2)C1=O. The van der Waals surface area contributed by atoms with Crippen LogP contribution in [0.25, 0.3) is 5.69 Å².